The van der Waals surface area contributed by atoms with Crippen LogP contribution in [0.25, 0.3) is 11.3 Å². The minimum absolute atomic E-state index is 0.133. The van der Waals surface area contributed by atoms with Crippen molar-refractivity contribution >= 4 is 28.4 Å². The van der Waals surface area contributed by atoms with Crippen molar-refractivity contribution in [3.8, 4) is 17.0 Å². The molecule has 2 aromatic carbocycles. The van der Waals surface area contributed by atoms with E-state index in [9.17, 15) is 14.7 Å². The topological polar surface area (TPSA) is 110 Å². The number of hydrogen-bond acceptors (Lipinski definition) is 9. The number of allylic oxidation sites excluding steroid dienone is 1. The third kappa shape index (κ3) is 4.35. The summed E-state index contributed by atoms with van der Waals surface area (Å²) in [6.45, 7) is 3.66. The third-order valence-corrected chi connectivity index (χ3v) is 7.04. The van der Waals surface area contributed by atoms with Gasteiger partial charge in [0.2, 0.25) is 0 Å². The molecule has 0 spiro atoms. The van der Waals surface area contributed by atoms with Crippen LogP contribution in [0.15, 0.2) is 71.2 Å². The quantitative estimate of drug-likeness (QED) is 0.441. The summed E-state index contributed by atoms with van der Waals surface area (Å²) in [7, 11) is 2.64. The molecule has 1 aromatic heterocycles. The summed E-state index contributed by atoms with van der Waals surface area (Å²) in [5.41, 5.74) is 1.66. The van der Waals surface area contributed by atoms with Crippen molar-refractivity contribution < 1.29 is 24.2 Å². The maximum absolute atomic E-state index is 13.6. The van der Waals surface area contributed by atoms with E-state index in [1.807, 2.05) is 48.7 Å². The van der Waals surface area contributed by atoms with Crippen LogP contribution in [0.4, 0.5) is 5.13 Å². The molecule has 3 unspecified atom stereocenters. The molecular formula is C26H27N3O5S. The number of carbonyl (C=O) groups excluding carboxylic acids is 2. The van der Waals surface area contributed by atoms with Crippen molar-refractivity contribution in [2.45, 2.75) is 31.3 Å². The van der Waals surface area contributed by atoms with Crippen LogP contribution >= 0.6 is 11.3 Å². The molecule has 1 aliphatic heterocycles. The molecule has 35 heavy (non-hydrogen) atoms. The number of carbonyl (C=O) groups is 2. The van der Waals surface area contributed by atoms with Gasteiger partial charge in [-0.3, -0.25) is 0 Å². The Kier molecular flexibility index (Phi) is 6.79. The second-order valence-electron chi connectivity index (χ2n) is 8.31. The highest BCUT2D eigenvalue weighted by molar-refractivity contribution is 7.14. The number of aromatic hydroxyl groups is 1. The summed E-state index contributed by atoms with van der Waals surface area (Å²) in [4.78, 5) is 31.3. The van der Waals surface area contributed by atoms with Crippen molar-refractivity contribution in [3.63, 3.8) is 0 Å². The highest BCUT2D eigenvalue weighted by atomic mass is 32.1. The number of ether oxygens (including phenoxy) is 2. The summed E-state index contributed by atoms with van der Waals surface area (Å²) in [5.74, 6) is -1.68. The zero-order valence-corrected chi connectivity index (χ0v) is 20.7. The lowest BCUT2D eigenvalue weighted by atomic mass is 9.68. The fourth-order valence-electron chi connectivity index (χ4n) is 4.67. The smallest absolute Gasteiger partial charge is 0.336 e. The Morgan fingerprint density at radius 3 is 2.51 bits per heavy atom. The number of anilines is 1. The zero-order valence-electron chi connectivity index (χ0n) is 19.9. The van der Waals surface area contributed by atoms with Crippen molar-refractivity contribution in [1.82, 2.24) is 10.3 Å². The number of thiazole rings is 1. The van der Waals surface area contributed by atoms with Crippen LogP contribution in [-0.4, -0.2) is 47.8 Å². The Hall–Kier alpha value is -3.85. The van der Waals surface area contributed by atoms with Gasteiger partial charge >= 0.3 is 11.9 Å². The SMILES string of the molecule is COC(=O)C1=C(C)NC(C)C(Nc2nc(-c3cccc(O)c3)cs2)(C(=O)OC)C1c1ccccc1. The van der Waals surface area contributed by atoms with Gasteiger partial charge in [-0.15, -0.1) is 11.3 Å². The average molecular weight is 494 g/mol. The van der Waals surface area contributed by atoms with Crippen LogP contribution in [0, 0.1) is 0 Å². The number of aromatic nitrogens is 1. The predicted octanol–water partition coefficient (Wildman–Crippen LogP) is 4.06. The summed E-state index contributed by atoms with van der Waals surface area (Å²) in [5, 5.41) is 18.8. The first-order valence-corrected chi connectivity index (χ1v) is 11.9. The van der Waals surface area contributed by atoms with Crippen LogP contribution in [0.3, 0.4) is 0 Å². The first kappa shape index (κ1) is 24.3. The number of phenolic OH excluding ortho intramolecular Hbond substituents is 1. The zero-order chi connectivity index (χ0) is 25.2. The Bertz CT molecular complexity index is 1270. The van der Waals surface area contributed by atoms with Gasteiger partial charge in [-0.05, 0) is 31.5 Å². The number of esters is 2. The van der Waals surface area contributed by atoms with Gasteiger partial charge in [-0.25, -0.2) is 14.6 Å². The van der Waals surface area contributed by atoms with E-state index in [2.05, 4.69) is 15.6 Å². The number of nitrogens with zero attached hydrogens (tertiary/aromatic N) is 1. The lowest BCUT2D eigenvalue weighted by Gasteiger charge is -2.47. The van der Waals surface area contributed by atoms with E-state index in [1.54, 1.807) is 25.1 Å². The monoisotopic (exact) mass is 493 g/mol. The number of phenols is 1. The van der Waals surface area contributed by atoms with Crippen LogP contribution in [0.1, 0.15) is 25.3 Å². The van der Waals surface area contributed by atoms with Crippen molar-refractivity contribution in [2.75, 3.05) is 19.5 Å². The van der Waals surface area contributed by atoms with E-state index >= 15 is 0 Å². The van der Waals surface area contributed by atoms with E-state index in [0.717, 1.165) is 11.1 Å². The Morgan fingerprint density at radius 1 is 1.11 bits per heavy atom. The fraction of sp³-hybridized carbons (Fsp3) is 0.269. The molecular weight excluding hydrogens is 466 g/mol. The fourth-order valence-corrected chi connectivity index (χ4v) is 5.46. The molecule has 3 atom stereocenters. The minimum atomic E-state index is -1.42. The largest absolute Gasteiger partial charge is 0.508 e. The van der Waals surface area contributed by atoms with E-state index < -0.39 is 29.4 Å². The number of nitrogens with one attached hydrogen (secondary N) is 2. The average Bonchev–Trinajstić information content (AvgIpc) is 3.33. The molecule has 9 heteroatoms. The molecule has 0 fully saturated rings. The molecule has 3 aromatic rings. The predicted molar refractivity (Wildman–Crippen MR) is 134 cm³/mol. The van der Waals surface area contributed by atoms with Gasteiger partial charge < -0.3 is 25.2 Å². The molecule has 182 valence electrons. The molecule has 8 nitrogen and oxygen atoms in total. The summed E-state index contributed by atoms with van der Waals surface area (Å²) < 4.78 is 10.4. The first-order valence-electron chi connectivity index (χ1n) is 11.0. The molecule has 0 saturated heterocycles. The lowest BCUT2D eigenvalue weighted by molar-refractivity contribution is -0.148. The number of hydrogen-bond donors (Lipinski definition) is 3. The Morgan fingerprint density at radius 2 is 1.86 bits per heavy atom. The summed E-state index contributed by atoms with van der Waals surface area (Å²) in [6, 6.07) is 15.6. The lowest BCUT2D eigenvalue weighted by Crippen LogP contribution is -2.66. The van der Waals surface area contributed by atoms with Gasteiger partial charge in [-0.2, -0.15) is 0 Å². The standard InChI is InChI=1S/C26H27N3O5S/c1-15-21(23(31)33-3)22(17-9-6-5-7-10-17)26(16(2)27-15,24(32)34-4)29-25-28-20(14-35-25)18-11-8-12-19(30)13-18/h5-14,16,22,27,30H,1-4H3,(H,28,29). The molecule has 1 aliphatic rings. The highest BCUT2D eigenvalue weighted by Gasteiger charge is 2.58. The third-order valence-electron chi connectivity index (χ3n) is 6.29. The van der Waals surface area contributed by atoms with Gasteiger partial charge in [0, 0.05) is 16.6 Å². The molecule has 0 radical (unpaired) electrons. The summed E-state index contributed by atoms with van der Waals surface area (Å²) in [6.07, 6.45) is 0. The normalized spacial score (nSPS) is 21.7. The first-order chi connectivity index (χ1) is 16.8. The van der Waals surface area contributed by atoms with Crippen LogP contribution in [-0.2, 0) is 19.1 Å². The van der Waals surface area contributed by atoms with E-state index in [0.29, 0.717) is 22.1 Å². The van der Waals surface area contributed by atoms with Crippen LogP contribution < -0.4 is 10.6 Å². The maximum Gasteiger partial charge on any atom is 0.336 e. The van der Waals surface area contributed by atoms with Crippen molar-refractivity contribution in [3.05, 3.63) is 76.8 Å². The van der Waals surface area contributed by atoms with Gasteiger partial charge in [-0.1, -0.05) is 42.5 Å². The Labute approximate surface area is 207 Å². The second kappa shape index (κ2) is 9.79. The van der Waals surface area contributed by atoms with Gasteiger partial charge in [0.15, 0.2) is 10.7 Å². The number of benzene rings is 2. The van der Waals surface area contributed by atoms with E-state index in [1.165, 1.54) is 25.6 Å². The van der Waals surface area contributed by atoms with Crippen molar-refractivity contribution in [1.29, 1.82) is 0 Å². The molecule has 0 saturated carbocycles. The molecule has 0 aliphatic carbocycles. The maximum atomic E-state index is 13.6. The second-order valence-corrected chi connectivity index (χ2v) is 9.17. The van der Waals surface area contributed by atoms with Crippen LogP contribution in [0.5, 0.6) is 5.75 Å². The number of rotatable bonds is 6. The van der Waals surface area contributed by atoms with Crippen LogP contribution in [0.2, 0.25) is 0 Å². The Balaban J connectivity index is 1.88. The van der Waals surface area contributed by atoms with Gasteiger partial charge in [0.25, 0.3) is 0 Å². The van der Waals surface area contributed by atoms with E-state index in [4.69, 9.17) is 9.47 Å². The molecule has 0 amide bonds. The molecule has 4 rings (SSSR count). The summed E-state index contributed by atoms with van der Waals surface area (Å²) >= 11 is 1.31. The van der Waals surface area contributed by atoms with E-state index in [-0.39, 0.29) is 5.75 Å². The number of methoxy groups -OCH3 is 2. The van der Waals surface area contributed by atoms with Crippen molar-refractivity contribution in [2.24, 2.45) is 0 Å². The van der Waals surface area contributed by atoms with Gasteiger partial charge in [0.05, 0.1) is 37.4 Å². The molecule has 2 heterocycles. The highest BCUT2D eigenvalue weighted by Crippen LogP contribution is 2.45. The minimum Gasteiger partial charge on any atom is -0.508 e. The van der Waals surface area contributed by atoms with Gasteiger partial charge in [0.1, 0.15) is 5.75 Å². The molecule has 0 bridgehead atoms. The molecule has 3 N–H and O–H groups in total.